The van der Waals surface area contributed by atoms with Crippen molar-refractivity contribution in [3.05, 3.63) is 36.5 Å². The van der Waals surface area contributed by atoms with Crippen LogP contribution in [-0.2, 0) is 27.9 Å². The summed E-state index contributed by atoms with van der Waals surface area (Å²) in [7, 11) is -4.41. The Kier molecular flexibility index (Phi) is 38.6. The molecule has 0 aliphatic heterocycles. The largest absolute Gasteiger partial charge is 0.472 e. The second-order valence-corrected chi connectivity index (χ2v) is 15.8. The van der Waals surface area contributed by atoms with Gasteiger partial charge in [0.05, 0.1) is 13.2 Å². The van der Waals surface area contributed by atoms with Crippen molar-refractivity contribution in [1.29, 1.82) is 0 Å². The van der Waals surface area contributed by atoms with E-state index in [1.165, 1.54) is 109 Å². The van der Waals surface area contributed by atoms with Crippen LogP contribution in [0.3, 0.4) is 0 Å². The van der Waals surface area contributed by atoms with E-state index >= 15 is 0 Å². The molecule has 0 spiro atoms. The van der Waals surface area contributed by atoms with E-state index in [4.69, 9.17) is 13.8 Å². The van der Waals surface area contributed by atoms with E-state index in [9.17, 15) is 24.2 Å². The van der Waals surface area contributed by atoms with Crippen molar-refractivity contribution in [1.82, 2.24) is 5.32 Å². The average Bonchev–Trinajstić information content (AvgIpc) is 3.14. The molecule has 0 aromatic rings. The Hall–Kier alpha value is -1.77. The second-order valence-electron chi connectivity index (χ2n) is 14.3. The number of amides is 1. The van der Waals surface area contributed by atoms with Crippen LogP contribution in [0.4, 0.5) is 0 Å². The lowest BCUT2D eigenvalue weighted by Gasteiger charge is -2.15. The van der Waals surface area contributed by atoms with Gasteiger partial charge in [-0.05, 0) is 64.2 Å². The standard InChI is InChI=1S/C43H80NO8P/c1-3-5-7-9-11-13-15-16-17-18-19-20-21-22-23-24-26-28-30-32-34-36-43(47)50-39-41(45)40-52-53(48,49)51-38-37-44-42(46)35-33-31-29-27-25-14-12-10-8-6-4-2/h10-13,16-17,41,45H,3-9,14-15,18-40H2,1-2H3,(H,44,46)(H,48,49)/b12-10-,13-11-,17-16-. The number of rotatable bonds is 40. The average molecular weight is 770 g/mol. The summed E-state index contributed by atoms with van der Waals surface area (Å²) >= 11 is 0. The first kappa shape index (κ1) is 51.2. The van der Waals surface area contributed by atoms with Crippen LogP contribution >= 0.6 is 7.82 Å². The number of nitrogens with one attached hydrogen (secondary N) is 1. The zero-order valence-corrected chi connectivity index (χ0v) is 34.9. The molecule has 310 valence electrons. The second kappa shape index (κ2) is 39.9. The lowest BCUT2D eigenvalue weighted by Crippen LogP contribution is -2.27. The van der Waals surface area contributed by atoms with Crippen LogP contribution in [0.5, 0.6) is 0 Å². The molecular formula is C43H80NO8P. The summed E-state index contributed by atoms with van der Waals surface area (Å²) in [5.41, 5.74) is 0. The molecule has 0 saturated carbocycles. The highest BCUT2D eigenvalue weighted by molar-refractivity contribution is 7.47. The molecule has 2 atom stereocenters. The molecule has 0 radical (unpaired) electrons. The summed E-state index contributed by atoms with van der Waals surface area (Å²) in [5, 5.41) is 12.7. The van der Waals surface area contributed by atoms with Crippen molar-refractivity contribution in [2.75, 3.05) is 26.4 Å². The van der Waals surface area contributed by atoms with Gasteiger partial charge in [0.25, 0.3) is 0 Å². The number of aliphatic hydroxyl groups excluding tert-OH is 1. The fourth-order valence-electron chi connectivity index (χ4n) is 5.74. The Morgan fingerprint density at radius 2 is 1.04 bits per heavy atom. The molecule has 2 unspecified atom stereocenters. The molecule has 10 heteroatoms. The van der Waals surface area contributed by atoms with Gasteiger partial charge in [0.1, 0.15) is 12.7 Å². The Morgan fingerprint density at radius 3 is 1.58 bits per heavy atom. The van der Waals surface area contributed by atoms with Gasteiger partial charge in [-0.3, -0.25) is 18.6 Å². The summed E-state index contributed by atoms with van der Waals surface area (Å²) in [6, 6.07) is 0. The molecule has 0 rings (SSSR count). The molecule has 0 aliphatic carbocycles. The molecule has 0 aromatic carbocycles. The fraction of sp³-hybridized carbons (Fsp3) is 0.814. The van der Waals surface area contributed by atoms with Gasteiger partial charge in [-0.1, -0.05) is 153 Å². The van der Waals surface area contributed by atoms with Crippen molar-refractivity contribution < 1.29 is 37.9 Å². The van der Waals surface area contributed by atoms with Gasteiger partial charge >= 0.3 is 13.8 Å². The van der Waals surface area contributed by atoms with E-state index in [1.807, 2.05) is 0 Å². The minimum absolute atomic E-state index is 0.0772. The summed E-state index contributed by atoms with van der Waals surface area (Å²) in [4.78, 5) is 33.8. The minimum Gasteiger partial charge on any atom is -0.463 e. The van der Waals surface area contributed by atoms with E-state index < -0.39 is 26.5 Å². The number of carbonyl (C=O) groups excluding carboxylic acids is 2. The van der Waals surface area contributed by atoms with Crippen molar-refractivity contribution >= 4 is 19.7 Å². The van der Waals surface area contributed by atoms with Gasteiger partial charge in [-0.15, -0.1) is 0 Å². The van der Waals surface area contributed by atoms with Crippen LogP contribution < -0.4 is 5.32 Å². The van der Waals surface area contributed by atoms with Gasteiger partial charge in [0, 0.05) is 19.4 Å². The summed E-state index contributed by atoms with van der Waals surface area (Å²) < 4.78 is 26.8. The van der Waals surface area contributed by atoms with Crippen molar-refractivity contribution in [3.63, 3.8) is 0 Å². The van der Waals surface area contributed by atoms with Crippen LogP contribution in [-0.4, -0.2) is 54.3 Å². The number of aliphatic hydroxyl groups is 1. The van der Waals surface area contributed by atoms with E-state index in [-0.39, 0.29) is 32.1 Å². The number of carbonyl (C=O) groups is 2. The van der Waals surface area contributed by atoms with E-state index in [1.54, 1.807) is 0 Å². The summed E-state index contributed by atoms with van der Waals surface area (Å²) in [6.07, 6.45) is 43.6. The first-order valence-electron chi connectivity index (χ1n) is 21.5. The topological polar surface area (TPSA) is 131 Å². The van der Waals surface area contributed by atoms with E-state index in [2.05, 4.69) is 55.6 Å². The smallest absolute Gasteiger partial charge is 0.463 e. The molecule has 0 aromatic heterocycles. The predicted molar refractivity (Wildman–Crippen MR) is 220 cm³/mol. The minimum atomic E-state index is -4.41. The number of allylic oxidation sites excluding steroid dienone is 6. The van der Waals surface area contributed by atoms with Gasteiger partial charge in [-0.2, -0.15) is 0 Å². The SMILES string of the molecule is CCCC/C=C\CCCCCCCC(=O)NCCOP(=O)(O)OCC(O)COC(=O)CCCCCCCCCCCCC/C=C\C/C=C\CCCCC. The lowest BCUT2D eigenvalue weighted by atomic mass is 10.0. The van der Waals surface area contributed by atoms with Crippen molar-refractivity contribution in [2.24, 2.45) is 0 Å². The fourth-order valence-corrected chi connectivity index (χ4v) is 6.50. The molecule has 53 heavy (non-hydrogen) atoms. The maximum atomic E-state index is 12.1. The number of unbranched alkanes of at least 4 members (excludes halogenated alkanes) is 21. The molecule has 0 bridgehead atoms. The third-order valence-electron chi connectivity index (χ3n) is 9.04. The molecule has 0 saturated heterocycles. The number of hydrogen-bond acceptors (Lipinski definition) is 7. The number of phosphoric ester groups is 1. The van der Waals surface area contributed by atoms with Crippen LogP contribution in [0.25, 0.3) is 0 Å². The molecule has 1 amide bonds. The third-order valence-corrected chi connectivity index (χ3v) is 10.0. The summed E-state index contributed by atoms with van der Waals surface area (Å²) in [5.74, 6) is -0.528. The number of hydrogen-bond donors (Lipinski definition) is 3. The molecule has 0 fully saturated rings. The van der Waals surface area contributed by atoms with Gasteiger partial charge in [0.15, 0.2) is 0 Å². The Bertz CT molecular complexity index is 970. The van der Waals surface area contributed by atoms with Gasteiger partial charge in [0.2, 0.25) is 5.91 Å². The number of esters is 1. The van der Waals surface area contributed by atoms with Gasteiger partial charge in [-0.25, -0.2) is 4.57 Å². The third kappa shape index (κ3) is 41.2. The number of ether oxygens (including phenoxy) is 1. The highest BCUT2D eigenvalue weighted by atomic mass is 31.2. The summed E-state index contributed by atoms with van der Waals surface area (Å²) in [6.45, 7) is 3.48. The zero-order valence-electron chi connectivity index (χ0n) is 34.0. The lowest BCUT2D eigenvalue weighted by molar-refractivity contribution is -0.147. The predicted octanol–water partition coefficient (Wildman–Crippen LogP) is 11.8. The Labute approximate surface area is 324 Å². The molecule has 0 heterocycles. The van der Waals surface area contributed by atoms with Crippen molar-refractivity contribution in [3.8, 4) is 0 Å². The number of phosphoric acid groups is 1. The normalized spacial score (nSPS) is 13.7. The Balaban J connectivity index is 3.58. The maximum Gasteiger partial charge on any atom is 0.472 e. The molecule has 3 N–H and O–H groups in total. The first-order chi connectivity index (χ1) is 25.8. The first-order valence-corrected chi connectivity index (χ1v) is 23.0. The van der Waals surface area contributed by atoms with Gasteiger partial charge < -0.3 is 20.1 Å². The van der Waals surface area contributed by atoms with Crippen LogP contribution in [0.15, 0.2) is 36.5 Å². The van der Waals surface area contributed by atoms with E-state index in [0.717, 1.165) is 57.8 Å². The van der Waals surface area contributed by atoms with Crippen LogP contribution in [0.1, 0.15) is 194 Å². The maximum absolute atomic E-state index is 12.1. The molecular weight excluding hydrogens is 689 g/mol. The van der Waals surface area contributed by atoms with Crippen molar-refractivity contribution in [2.45, 2.75) is 200 Å². The van der Waals surface area contributed by atoms with E-state index in [0.29, 0.717) is 6.42 Å². The monoisotopic (exact) mass is 770 g/mol. The molecule has 0 aliphatic rings. The quantitative estimate of drug-likeness (QED) is 0.0243. The van der Waals surface area contributed by atoms with Crippen LogP contribution in [0, 0.1) is 0 Å². The highest BCUT2D eigenvalue weighted by Gasteiger charge is 2.23. The van der Waals surface area contributed by atoms with Crippen LogP contribution in [0.2, 0.25) is 0 Å². The highest BCUT2D eigenvalue weighted by Crippen LogP contribution is 2.42. The molecule has 9 nitrogen and oxygen atoms in total. The Morgan fingerprint density at radius 1 is 0.585 bits per heavy atom. The zero-order chi connectivity index (χ0) is 38.9.